The minimum Gasteiger partial charge on any atom is -0.496 e. The Hall–Kier alpha value is -2.46. The predicted octanol–water partition coefficient (Wildman–Crippen LogP) is 4.24. The lowest BCUT2D eigenvalue weighted by Gasteiger charge is -2.09. The van der Waals surface area contributed by atoms with E-state index in [-0.39, 0.29) is 5.69 Å². The van der Waals surface area contributed by atoms with Crippen molar-refractivity contribution in [3.8, 4) is 5.75 Å². The molecule has 0 radical (unpaired) electrons. The number of aryl methyl sites for hydroxylation is 2. The minimum atomic E-state index is -0.945. The van der Waals surface area contributed by atoms with Gasteiger partial charge in [-0.2, -0.15) is 0 Å². The molecule has 3 aromatic rings. The number of carboxylic acids is 1. The molecule has 0 aliphatic rings. The summed E-state index contributed by atoms with van der Waals surface area (Å²) >= 11 is 5.89. The third kappa shape index (κ3) is 3.03. The number of fused-ring (bicyclic) bond motifs is 1. The fraction of sp³-hybridized carbons (Fsp3) is 0.167. The van der Waals surface area contributed by atoms with Crippen LogP contribution in [0.1, 0.15) is 16.1 Å². The van der Waals surface area contributed by atoms with Crippen LogP contribution in [0.5, 0.6) is 5.75 Å². The molecule has 0 amide bonds. The summed E-state index contributed by atoms with van der Waals surface area (Å²) < 4.78 is 7.14. The third-order valence-corrected chi connectivity index (χ3v) is 4.13. The highest BCUT2D eigenvalue weighted by Gasteiger charge is 2.16. The highest BCUT2D eigenvalue weighted by atomic mass is 35.5. The van der Waals surface area contributed by atoms with E-state index < -0.39 is 5.97 Å². The summed E-state index contributed by atoms with van der Waals surface area (Å²) in [7, 11) is 1.58. The second kappa shape index (κ2) is 6.34. The first-order chi connectivity index (χ1) is 11.1. The molecule has 23 heavy (non-hydrogen) atoms. The Labute approximate surface area is 138 Å². The molecule has 1 aromatic heterocycles. The zero-order valence-corrected chi connectivity index (χ0v) is 13.4. The number of hydrogen-bond donors (Lipinski definition) is 1. The second-order valence-corrected chi connectivity index (χ2v) is 5.69. The zero-order valence-electron chi connectivity index (χ0n) is 12.6. The maximum Gasteiger partial charge on any atom is 0.352 e. The number of carbonyl (C=O) groups is 1. The van der Waals surface area contributed by atoms with Gasteiger partial charge in [0.1, 0.15) is 11.4 Å². The zero-order chi connectivity index (χ0) is 16.4. The van der Waals surface area contributed by atoms with Gasteiger partial charge >= 0.3 is 5.97 Å². The lowest BCUT2D eigenvalue weighted by Crippen LogP contribution is -2.10. The molecular weight excluding hydrogens is 314 g/mol. The van der Waals surface area contributed by atoms with Crippen LogP contribution in [0.15, 0.2) is 48.5 Å². The number of methoxy groups -OCH3 is 1. The van der Waals surface area contributed by atoms with Gasteiger partial charge in [0.15, 0.2) is 0 Å². The number of hydrogen-bond acceptors (Lipinski definition) is 2. The quantitative estimate of drug-likeness (QED) is 0.761. The van der Waals surface area contributed by atoms with Crippen LogP contribution in [0.2, 0.25) is 5.02 Å². The van der Waals surface area contributed by atoms with E-state index in [2.05, 4.69) is 0 Å². The molecular formula is C18H16ClNO3. The first-order valence-corrected chi connectivity index (χ1v) is 7.62. The first kappa shape index (κ1) is 15.4. The molecule has 2 aromatic carbocycles. The number of benzene rings is 2. The first-order valence-electron chi connectivity index (χ1n) is 7.24. The standard InChI is InChI=1S/C18H16ClNO3/c1-23-17-4-2-3-15-14(17)11-16(18(21)22)20(15)10-9-12-5-7-13(19)8-6-12/h2-8,11H,9-10H2,1H3,(H,21,22). The van der Waals surface area contributed by atoms with Crippen molar-refractivity contribution < 1.29 is 14.6 Å². The molecule has 0 spiro atoms. The van der Waals surface area contributed by atoms with Gasteiger partial charge in [0.25, 0.3) is 0 Å². The Morgan fingerprint density at radius 2 is 1.96 bits per heavy atom. The fourth-order valence-corrected chi connectivity index (χ4v) is 2.87. The number of aromatic carboxylic acids is 1. The Morgan fingerprint density at radius 3 is 2.61 bits per heavy atom. The maximum absolute atomic E-state index is 11.6. The van der Waals surface area contributed by atoms with Crippen molar-refractivity contribution in [1.82, 2.24) is 4.57 Å². The van der Waals surface area contributed by atoms with E-state index in [1.54, 1.807) is 13.2 Å². The molecule has 0 saturated heterocycles. The van der Waals surface area contributed by atoms with Crippen molar-refractivity contribution in [3.63, 3.8) is 0 Å². The molecule has 0 aliphatic heterocycles. The average Bonchev–Trinajstić information content (AvgIpc) is 2.93. The lowest BCUT2D eigenvalue weighted by atomic mass is 10.1. The van der Waals surface area contributed by atoms with Gasteiger partial charge in [0.05, 0.1) is 12.6 Å². The highest BCUT2D eigenvalue weighted by molar-refractivity contribution is 6.30. The van der Waals surface area contributed by atoms with Gasteiger partial charge in [-0.15, -0.1) is 0 Å². The van der Waals surface area contributed by atoms with Crippen molar-refractivity contribution in [2.24, 2.45) is 0 Å². The summed E-state index contributed by atoms with van der Waals surface area (Å²) in [6.07, 6.45) is 0.721. The predicted molar refractivity (Wildman–Crippen MR) is 90.6 cm³/mol. The van der Waals surface area contributed by atoms with Crippen LogP contribution in [0.25, 0.3) is 10.9 Å². The Kier molecular flexibility index (Phi) is 4.26. The summed E-state index contributed by atoms with van der Waals surface area (Å²) in [6, 6.07) is 14.9. The summed E-state index contributed by atoms with van der Waals surface area (Å²) in [5, 5.41) is 11.0. The van der Waals surface area contributed by atoms with Gasteiger partial charge in [-0.05, 0) is 42.3 Å². The summed E-state index contributed by atoms with van der Waals surface area (Å²) in [4.78, 5) is 11.6. The van der Waals surface area contributed by atoms with E-state index in [1.165, 1.54) is 0 Å². The van der Waals surface area contributed by atoms with Crippen molar-refractivity contribution in [2.75, 3.05) is 7.11 Å². The number of nitrogens with zero attached hydrogens (tertiary/aromatic N) is 1. The SMILES string of the molecule is COc1cccc2c1cc(C(=O)O)n2CCc1ccc(Cl)cc1. The Morgan fingerprint density at radius 1 is 1.22 bits per heavy atom. The van der Waals surface area contributed by atoms with Crippen molar-refractivity contribution in [2.45, 2.75) is 13.0 Å². The normalized spacial score (nSPS) is 10.9. The van der Waals surface area contributed by atoms with E-state index in [0.717, 1.165) is 22.9 Å². The molecule has 0 saturated carbocycles. The average molecular weight is 330 g/mol. The number of ether oxygens (including phenoxy) is 1. The molecule has 0 unspecified atom stereocenters. The van der Waals surface area contributed by atoms with Gasteiger partial charge < -0.3 is 14.4 Å². The summed E-state index contributed by atoms with van der Waals surface area (Å²) in [5.41, 5.74) is 2.23. The topological polar surface area (TPSA) is 51.5 Å². The van der Waals surface area contributed by atoms with Crippen LogP contribution in [0.3, 0.4) is 0 Å². The Balaban J connectivity index is 1.99. The van der Waals surface area contributed by atoms with Crippen LogP contribution in [0, 0.1) is 0 Å². The van der Waals surface area contributed by atoms with Gasteiger partial charge in [0, 0.05) is 17.0 Å². The van der Waals surface area contributed by atoms with Gasteiger partial charge in [-0.1, -0.05) is 29.8 Å². The largest absolute Gasteiger partial charge is 0.496 e. The van der Waals surface area contributed by atoms with Crippen molar-refractivity contribution in [3.05, 3.63) is 64.8 Å². The molecule has 0 atom stereocenters. The number of carboxylic acid groups (broad SMARTS) is 1. The lowest BCUT2D eigenvalue weighted by molar-refractivity contribution is 0.0685. The smallest absolute Gasteiger partial charge is 0.352 e. The molecule has 0 fully saturated rings. The van der Waals surface area contributed by atoms with Crippen LogP contribution < -0.4 is 4.74 Å². The number of aromatic nitrogens is 1. The van der Waals surface area contributed by atoms with Crippen LogP contribution in [-0.4, -0.2) is 22.8 Å². The van der Waals surface area contributed by atoms with Gasteiger partial charge in [-0.25, -0.2) is 4.79 Å². The van der Waals surface area contributed by atoms with E-state index >= 15 is 0 Å². The molecule has 1 N–H and O–H groups in total. The van der Waals surface area contributed by atoms with Crippen LogP contribution in [-0.2, 0) is 13.0 Å². The molecule has 4 nitrogen and oxygen atoms in total. The Bertz CT molecular complexity index is 853. The molecule has 1 heterocycles. The van der Waals surface area contributed by atoms with Crippen LogP contribution >= 0.6 is 11.6 Å². The molecule has 5 heteroatoms. The molecule has 118 valence electrons. The van der Waals surface area contributed by atoms with E-state index in [4.69, 9.17) is 16.3 Å². The summed E-state index contributed by atoms with van der Waals surface area (Å²) in [5.74, 6) is -0.269. The van der Waals surface area contributed by atoms with E-state index in [0.29, 0.717) is 17.3 Å². The molecule has 0 bridgehead atoms. The van der Waals surface area contributed by atoms with Crippen molar-refractivity contribution in [1.29, 1.82) is 0 Å². The van der Waals surface area contributed by atoms with Gasteiger partial charge in [0.2, 0.25) is 0 Å². The van der Waals surface area contributed by atoms with E-state index in [1.807, 2.05) is 47.0 Å². The van der Waals surface area contributed by atoms with E-state index in [9.17, 15) is 9.90 Å². The molecule has 0 aliphatic carbocycles. The number of halogens is 1. The summed E-state index contributed by atoms with van der Waals surface area (Å²) in [6.45, 7) is 0.569. The van der Waals surface area contributed by atoms with Gasteiger partial charge in [-0.3, -0.25) is 0 Å². The molecule has 3 rings (SSSR count). The maximum atomic E-state index is 11.6. The second-order valence-electron chi connectivity index (χ2n) is 5.26. The monoisotopic (exact) mass is 329 g/mol. The third-order valence-electron chi connectivity index (χ3n) is 3.88. The van der Waals surface area contributed by atoms with Crippen molar-refractivity contribution >= 4 is 28.5 Å². The number of rotatable bonds is 5. The minimum absolute atomic E-state index is 0.262. The fourth-order valence-electron chi connectivity index (χ4n) is 2.75. The highest BCUT2D eigenvalue weighted by Crippen LogP contribution is 2.29. The van der Waals surface area contributed by atoms with Crippen LogP contribution in [0.4, 0.5) is 0 Å².